The highest BCUT2D eigenvalue weighted by Crippen LogP contribution is 2.28. The zero-order chi connectivity index (χ0) is 16.4. The Morgan fingerprint density at radius 3 is 2.70 bits per heavy atom. The van der Waals surface area contributed by atoms with Crippen molar-refractivity contribution < 1.29 is 14.2 Å². The number of hydrogen-bond acceptors (Lipinski definition) is 6. The Hall–Kier alpha value is -2.41. The Morgan fingerprint density at radius 2 is 2.09 bits per heavy atom. The number of nitrogens with two attached hydrogens (primary N) is 1. The number of benzene rings is 1. The van der Waals surface area contributed by atoms with Gasteiger partial charge in [-0.2, -0.15) is 0 Å². The largest absolute Gasteiger partial charge is 0.497 e. The third kappa shape index (κ3) is 3.19. The summed E-state index contributed by atoms with van der Waals surface area (Å²) >= 11 is 0. The second kappa shape index (κ2) is 6.37. The van der Waals surface area contributed by atoms with Crippen molar-refractivity contribution in [3.63, 3.8) is 0 Å². The predicted molar refractivity (Wildman–Crippen MR) is 83.0 cm³/mol. The summed E-state index contributed by atoms with van der Waals surface area (Å²) in [5.41, 5.74) is 8.59. The number of aryl methyl sites for hydroxylation is 1. The van der Waals surface area contributed by atoms with Crippen molar-refractivity contribution in [2.45, 2.75) is 25.3 Å². The molecule has 1 fully saturated rings. The Morgan fingerprint density at radius 1 is 1.35 bits per heavy atom. The van der Waals surface area contributed by atoms with Gasteiger partial charge in [-0.15, -0.1) is 0 Å². The first kappa shape index (κ1) is 15.5. The molecule has 7 heteroatoms. The van der Waals surface area contributed by atoms with Crippen molar-refractivity contribution in [3.05, 3.63) is 41.2 Å². The van der Waals surface area contributed by atoms with E-state index in [1.807, 2.05) is 24.3 Å². The van der Waals surface area contributed by atoms with E-state index >= 15 is 0 Å². The molecule has 1 aromatic heterocycles. The van der Waals surface area contributed by atoms with Gasteiger partial charge in [0.2, 0.25) is 5.91 Å². The molecule has 0 bridgehead atoms. The second-order valence-corrected chi connectivity index (χ2v) is 5.82. The molecule has 0 aliphatic carbocycles. The van der Waals surface area contributed by atoms with Crippen molar-refractivity contribution in [3.8, 4) is 5.75 Å². The second-order valence-electron chi connectivity index (χ2n) is 5.82. The standard InChI is InChI=1S/C16H20N4O3/c1-10-15(19-23-18-10)7-16(21)20-8-13(14(17)9-20)11-3-5-12(22-2)6-4-11/h3-6,13-14H,7-9,17H2,1-2H3/t13-,14+/m0/s1. The van der Waals surface area contributed by atoms with E-state index in [1.54, 1.807) is 18.9 Å². The van der Waals surface area contributed by atoms with Gasteiger partial charge in [-0.3, -0.25) is 4.79 Å². The highest BCUT2D eigenvalue weighted by atomic mass is 16.6. The number of amides is 1. The van der Waals surface area contributed by atoms with Crippen molar-refractivity contribution in [2.75, 3.05) is 20.2 Å². The molecule has 7 nitrogen and oxygen atoms in total. The number of aromatic nitrogens is 2. The van der Waals surface area contributed by atoms with Gasteiger partial charge >= 0.3 is 0 Å². The molecular formula is C16H20N4O3. The van der Waals surface area contributed by atoms with Crippen molar-refractivity contribution in [1.29, 1.82) is 0 Å². The summed E-state index contributed by atoms with van der Waals surface area (Å²) in [7, 11) is 1.64. The molecule has 1 amide bonds. The van der Waals surface area contributed by atoms with Crippen LogP contribution in [0.15, 0.2) is 28.9 Å². The lowest BCUT2D eigenvalue weighted by atomic mass is 9.95. The highest BCUT2D eigenvalue weighted by Gasteiger charge is 2.34. The van der Waals surface area contributed by atoms with Gasteiger partial charge in [0.1, 0.15) is 17.1 Å². The highest BCUT2D eigenvalue weighted by molar-refractivity contribution is 5.79. The average Bonchev–Trinajstić information content (AvgIpc) is 3.14. The lowest BCUT2D eigenvalue weighted by Crippen LogP contribution is -2.33. The SMILES string of the molecule is COc1ccc([C@@H]2CN(C(=O)Cc3nonc3C)C[C@H]2N)cc1. The molecule has 1 aliphatic rings. The van der Waals surface area contributed by atoms with Crippen LogP contribution >= 0.6 is 0 Å². The first-order chi connectivity index (χ1) is 11.1. The maximum Gasteiger partial charge on any atom is 0.228 e. The van der Waals surface area contributed by atoms with Crippen LogP contribution in [-0.4, -0.2) is 47.4 Å². The summed E-state index contributed by atoms with van der Waals surface area (Å²) < 4.78 is 9.81. The van der Waals surface area contributed by atoms with E-state index < -0.39 is 0 Å². The predicted octanol–water partition coefficient (Wildman–Crippen LogP) is 0.882. The van der Waals surface area contributed by atoms with E-state index in [0.29, 0.717) is 24.5 Å². The molecule has 0 spiro atoms. The van der Waals surface area contributed by atoms with Crippen LogP contribution in [-0.2, 0) is 11.2 Å². The van der Waals surface area contributed by atoms with Crippen molar-refractivity contribution in [1.82, 2.24) is 15.2 Å². The lowest BCUT2D eigenvalue weighted by molar-refractivity contribution is -0.129. The van der Waals surface area contributed by atoms with Crippen molar-refractivity contribution in [2.24, 2.45) is 5.73 Å². The van der Waals surface area contributed by atoms with E-state index in [4.69, 9.17) is 10.5 Å². The lowest BCUT2D eigenvalue weighted by Gasteiger charge is -2.16. The molecule has 2 heterocycles. The molecular weight excluding hydrogens is 296 g/mol. The number of methoxy groups -OCH3 is 1. The first-order valence-electron chi connectivity index (χ1n) is 7.54. The summed E-state index contributed by atoms with van der Waals surface area (Å²) in [6.07, 6.45) is 0.192. The maximum atomic E-state index is 12.4. The Bertz CT molecular complexity index is 683. The van der Waals surface area contributed by atoms with Crippen LogP contribution in [0.2, 0.25) is 0 Å². The van der Waals surface area contributed by atoms with Crippen LogP contribution in [0, 0.1) is 6.92 Å². The molecule has 0 unspecified atom stereocenters. The zero-order valence-electron chi connectivity index (χ0n) is 13.2. The molecule has 23 heavy (non-hydrogen) atoms. The number of hydrogen-bond donors (Lipinski definition) is 1. The molecule has 122 valence electrons. The number of likely N-dealkylation sites (tertiary alicyclic amines) is 1. The van der Waals surface area contributed by atoms with Crippen LogP contribution < -0.4 is 10.5 Å². The van der Waals surface area contributed by atoms with Gasteiger partial charge in [0.05, 0.1) is 13.5 Å². The fourth-order valence-electron chi connectivity index (χ4n) is 2.90. The summed E-state index contributed by atoms with van der Waals surface area (Å²) in [6, 6.07) is 7.75. The zero-order valence-corrected chi connectivity index (χ0v) is 13.2. The first-order valence-corrected chi connectivity index (χ1v) is 7.54. The van der Waals surface area contributed by atoms with Crippen LogP contribution in [0.3, 0.4) is 0 Å². The minimum absolute atomic E-state index is 0.00439. The average molecular weight is 316 g/mol. The molecule has 2 aromatic rings. The fraction of sp³-hybridized carbons (Fsp3) is 0.438. The van der Waals surface area contributed by atoms with Crippen LogP contribution in [0.25, 0.3) is 0 Å². The number of carbonyl (C=O) groups is 1. The van der Waals surface area contributed by atoms with Crippen molar-refractivity contribution >= 4 is 5.91 Å². The number of carbonyl (C=O) groups excluding carboxylic acids is 1. The Kier molecular flexibility index (Phi) is 4.29. The third-order valence-electron chi connectivity index (χ3n) is 4.33. The van der Waals surface area contributed by atoms with Gasteiger partial charge < -0.3 is 15.4 Å². The van der Waals surface area contributed by atoms with E-state index in [2.05, 4.69) is 14.9 Å². The van der Waals surface area contributed by atoms with Gasteiger partial charge in [0, 0.05) is 25.0 Å². The number of ether oxygens (including phenoxy) is 1. The normalized spacial score (nSPS) is 20.7. The van der Waals surface area contributed by atoms with Gasteiger partial charge in [-0.05, 0) is 24.6 Å². The Balaban J connectivity index is 1.67. The Labute approximate surface area is 134 Å². The molecule has 1 aromatic carbocycles. The number of rotatable bonds is 4. The smallest absolute Gasteiger partial charge is 0.228 e. The van der Waals surface area contributed by atoms with E-state index in [-0.39, 0.29) is 24.3 Å². The third-order valence-corrected chi connectivity index (χ3v) is 4.33. The molecule has 2 atom stereocenters. The minimum atomic E-state index is -0.0797. The summed E-state index contributed by atoms with van der Waals surface area (Å²) in [5, 5.41) is 7.46. The monoisotopic (exact) mass is 316 g/mol. The summed E-state index contributed by atoms with van der Waals surface area (Å²) in [5.74, 6) is 0.930. The molecule has 3 rings (SSSR count). The molecule has 0 saturated carbocycles. The summed E-state index contributed by atoms with van der Waals surface area (Å²) in [6.45, 7) is 2.92. The van der Waals surface area contributed by atoms with Crippen LogP contribution in [0.4, 0.5) is 0 Å². The van der Waals surface area contributed by atoms with E-state index in [0.717, 1.165) is 11.3 Å². The van der Waals surface area contributed by atoms with Gasteiger partial charge in [0.25, 0.3) is 0 Å². The van der Waals surface area contributed by atoms with Crippen LogP contribution in [0.1, 0.15) is 22.9 Å². The van der Waals surface area contributed by atoms with Crippen LogP contribution in [0.5, 0.6) is 5.75 Å². The topological polar surface area (TPSA) is 94.5 Å². The molecule has 1 saturated heterocycles. The van der Waals surface area contributed by atoms with Gasteiger partial charge in [0.15, 0.2) is 0 Å². The summed E-state index contributed by atoms with van der Waals surface area (Å²) in [4.78, 5) is 14.2. The minimum Gasteiger partial charge on any atom is -0.497 e. The maximum absolute atomic E-state index is 12.4. The van der Waals surface area contributed by atoms with E-state index in [1.165, 1.54) is 0 Å². The van der Waals surface area contributed by atoms with E-state index in [9.17, 15) is 4.79 Å². The number of nitrogens with zero attached hydrogens (tertiary/aromatic N) is 3. The van der Waals surface area contributed by atoms with Gasteiger partial charge in [-0.25, -0.2) is 4.63 Å². The van der Waals surface area contributed by atoms with Gasteiger partial charge in [-0.1, -0.05) is 22.4 Å². The fourth-order valence-corrected chi connectivity index (χ4v) is 2.90. The molecule has 2 N–H and O–H groups in total. The molecule has 0 radical (unpaired) electrons. The molecule has 1 aliphatic heterocycles. The quantitative estimate of drug-likeness (QED) is 0.900.